The number of aliphatic hydroxyl groups excluding tert-OH is 1. The molecule has 0 unspecified atom stereocenters. The van der Waals surface area contributed by atoms with E-state index in [2.05, 4.69) is 10.9 Å². The van der Waals surface area contributed by atoms with Gasteiger partial charge in [-0.25, -0.2) is 10.4 Å². The summed E-state index contributed by atoms with van der Waals surface area (Å²) in [6.07, 6.45) is 1.63. The van der Waals surface area contributed by atoms with E-state index < -0.39 is 5.54 Å². The Morgan fingerprint density at radius 1 is 1.00 bits per heavy atom. The standard InChI is InChI=1S/C30H35N3O6/c1-36-26-14-9-22(19-27(26)37-2)15-16-31-33-29(35)30(20-23-7-4-3-5-8-23)21-39-28(32-30)24-10-12-25(13-11-24)38-18-6-17-34/h3-5,7-14,19,31,34H,6,15-18,20-21H2,1-2H3,(H,33,35)/t30-/m0/s1. The molecule has 0 saturated carbocycles. The van der Waals surface area contributed by atoms with Crippen LogP contribution in [0.5, 0.6) is 17.2 Å². The second-order valence-electron chi connectivity index (χ2n) is 9.17. The molecule has 0 spiro atoms. The number of carbonyl (C=O) groups is 1. The lowest BCUT2D eigenvalue weighted by Crippen LogP contribution is -2.53. The van der Waals surface area contributed by atoms with E-state index in [4.69, 9.17) is 29.0 Å². The van der Waals surface area contributed by atoms with Gasteiger partial charge in [-0.2, -0.15) is 0 Å². The van der Waals surface area contributed by atoms with E-state index in [1.807, 2.05) is 72.8 Å². The monoisotopic (exact) mass is 533 g/mol. The minimum atomic E-state index is -1.12. The summed E-state index contributed by atoms with van der Waals surface area (Å²) in [6.45, 7) is 1.15. The van der Waals surface area contributed by atoms with Gasteiger partial charge in [0, 0.05) is 31.6 Å². The number of nitrogens with zero attached hydrogens (tertiary/aromatic N) is 1. The molecule has 3 aromatic carbocycles. The first-order valence-corrected chi connectivity index (χ1v) is 12.9. The number of aliphatic hydroxyl groups is 1. The average molecular weight is 534 g/mol. The lowest BCUT2D eigenvalue weighted by Gasteiger charge is -2.23. The molecule has 39 heavy (non-hydrogen) atoms. The quantitative estimate of drug-likeness (QED) is 0.216. The maximum Gasteiger partial charge on any atom is 0.266 e. The van der Waals surface area contributed by atoms with E-state index in [0.717, 1.165) is 16.7 Å². The number of hydrogen-bond acceptors (Lipinski definition) is 8. The Balaban J connectivity index is 1.43. The van der Waals surface area contributed by atoms with Gasteiger partial charge in [-0.3, -0.25) is 10.2 Å². The molecule has 206 valence electrons. The van der Waals surface area contributed by atoms with Crippen LogP contribution < -0.4 is 25.1 Å². The van der Waals surface area contributed by atoms with E-state index >= 15 is 0 Å². The zero-order valence-corrected chi connectivity index (χ0v) is 22.3. The molecular formula is C30H35N3O6. The Labute approximate surface area is 228 Å². The fourth-order valence-electron chi connectivity index (χ4n) is 4.27. The number of carbonyl (C=O) groups excluding carboxylic acids is 1. The number of methoxy groups -OCH3 is 2. The van der Waals surface area contributed by atoms with Crippen molar-refractivity contribution in [3.05, 3.63) is 89.5 Å². The largest absolute Gasteiger partial charge is 0.494 e. The van der Waals surface area contributed by atoms with Gasteiger partial charge in [0.25, 0.3) is 5.91 Å². The van der Waals surface area contributed by atoms with Crippen molar-refractivity contribution < 1.29 is 28.8 Å². The van der Waals surface area contributed by atoms with Crippen molar-refractivity contribution in [2.45, 2.75) is 24.8 Å². The summed E-state index contributed by atoms with van der Waals surface area (Å²) in [7, 11) is 3.21. The van der Waals surface area contributed by atoms with Gasteiger partial charge >= 0.3 is 0 Å². The smallest absolute Gasteiger partial charge is 0.266 e. The van der Waals surface area contributed by atoms with Crippen LogP contribution in [0.25, 0.3) is 0 Å². The van der Waals surface area contributed by atoms with Crippen LogP contribution in [-0.4, -0.2) is 63.0 Å². The lowest BCUT2D eigenvalue weighted by atomic mass is 9.91. The number of hydrogen-bond donors (Lipinski definition) is 3. The second kappa shape index (κ2) is 13.6. The second-order valence-corrected chi connectivity index (χ2v) is 9.17. The van der Waals surface area contributed by atoms with Crippen LogP contribution in [0, 0.1) is 0 Å². The molecule has 0 fully saturated rings. The minimum Gasteiger partial charge on any atom is -0.494 e. The summed E-state index contributed by atoms with van der Waals surface area (Å²) in [4.78, 5) is 18.3. The van der Waals surface area contributed by atoms with Crippen LogP contribution in [-0.2, 0) is 22.4 Å². The van der Waals surface area contributed by atoms with Crippen LogP contribution in [0.2, 0.25) is 0 Å². The first kappa shape index (κ1) is 27.9. The minimum absolute atomic E-state index is 0.0827. The highest BCUT2D eigenvalue weighted by Gasteiger charge is 2.44. The zero-order valence-electron chi connectivity index (χ0n) is 22.3. The third-order valence-electron chi connectivity index (χ3n) is 6.39. The Morgan fingerprint density at radius 3 is 2.49 bits per heavy atom. The van der Waals surface area contributed by atoms with E-state index in [9.17, 15) is 4.79 Å². The fraction of sp³-hybridized carbons (Fsp3) is 0.333. The highest BCUT2D eigenvalue weighted by atomic mass is 16.5. The van der Waals surface area contributed by atoms with E-state index in [-0.39, 0.29) is 19.1 Å². The number of rotatable bonds is 14. The number of benzene rings is 3. The molecule has 0 aliphatic carbocycles. The summed E-state index contributed by atoms with van der Waals surface area (Å²) in [5.74, 6) is 2.17. The maximum atomic E-state index is 13.5. The molecule has 9 nitrogen and oxygen atoms in total. The van der Waals surface area contributed by atoms with Crippen molar-refractivity contribution in [3.8, 4) is 17.2 Å². The summed E-state index contributed by atoms with van der Waals surface area (Å²) >= 11 is 0. The molecule has 0 aromatic heterocycles. The van der Waals surface area contributed by atoms with Gasteiger partial charge in [-0.05, 0) is 53.9 Å². The average Bonchev–Trinajstić information content (AvgIpc) is 3.41. The van der Waals surface area contributed by atoms with E-state index in [0.29, 0.717) is 55.6 Å². The van der Waals surface area contributed by atoms with Crippen LogP contribution in [0.1, 0.15) is 23.1 Å². The van der Waals surface area contributed by atoms with Gasteiger partial charge in [0.2, 0.25) is 5.90 Å². The molecule has 0 radical (unpaired) electrons. The third-order valence-corrected chi connectivity index (χ3v) is 6.39. The van der Waals surface area contributed by atoms with Crippen molar-refractivity contribution in [2.75, 3.05) is 40.6 Å². The summed E-state index contributed by atoms with van der Waals surface area (Å²) < 4.78 is 22.2. The van der Waals surface area contributed by atoms with Crippen molar-refractivity contribution in [3.63, 3.8) is 0 Å². The number of hydrazine groups is 1. The Bertz CT molecular complexity index is 1250. The first-order valence-electron chi connectivity index (χ1n) is 12.9. The molecule has 1 heterocycles. The lowest BCUT2D eigenvalue weighted by molar-refractivity contribution is -0.127. The van der Waals surface area contributed by atoms with Crippen LogP contribution in [0.4, 0.5) is 0 Å². The topological polar surface area (TPSA) is 111 Å². The molecule has 3 aromatic rings. The van der Waals surface area contributed by atoms with Gasteiger partial charge in [0.05, 0.1) is 20.8 Å². The van der Waals surface area contributed by atoms with Crippen molar-refractivity contribution in [1.82, 2.24) is 10.9 Å². The maximum absolute atomic E-state index is 13.5. The highest BCUT2D eigenvalue weighted by Crippen LogP contribution is 2.29. The highest BCUT2D eigenvalue weighted by molar-refractivity contribution is 6.00. The first-order chi connectivity index (χ1) is 19.1. The molecule has 9 heteroatoms. The molecule has 1 aliphatic heterocycles. The Kier molecular flexibility index (Phi) is 9.77. The van der Waals surface area contributed by atoms with Gasteiger partial charge in [0.1, 0.15) is 12.4 Å². The zero-order chi connectivity index (χ0) is 27.5. The SMILES string of the molecule is COc1ccc(CCNNC(=O)[C@]2(Cc3ccccc3)COC(c3ccc(OCCCO)cc3)=N2)cc1OC. The molecule has 1 atom stereocenters. The third kappa shape index (κ3) is 7.28. The van der Waals surface area contributed by atoms with Gasteiger partial charge < -0.3 is 24.1 Å². The fourth-order valence-corrected chi connectivity index (χ4v) is 4.27. The van der Waals surface area contributed by atoms with Gasteiger partial charge in [0.15, 0.2) is 17.0 Å². The normalized spacial score (nSPS) is 16.2. The number of amides is 1. The van der Waals surface area contributed by atoms with E-state index in [1.54, 1.807) is 14.2 Å². The predicted molar refractivity (Wildman–Crippen MR) is 148 cm³/mol. The Hall–Kier alpha value is -4.08. The molecule has 1 aliphatic rings. The number of aliphatic imine (C=N–C) groups is 1. The summed E-state index contributed by atoms with van der Waals surface area (Å²) in [5, 5.41) is 8.93. The molecule has 0 bridgehead atoms. The molecular weight excluding hydrogens is 498 g/mol. The van der Waals surface area contributed by atoms with Crippen LogP contribution in [0.15, 0.2) is 77.8 Å². The predicted octanol–water partition coefficient (Wildman–Crippen LogP) is 3.09. The summed E-state index contributed by atoms with van der Waals surface area (Å²) in [5.41, 5.74) is 7.55. The Morgan fingerprint density at radius 2 is 1.77 bits per heavy atom. The number of nitrogens with one attached hydrogen (secondary N) is 2. The van der Waals surface area contributed by atoms with Crippen LogP contribution >= 0.6 is 0 Å². The van der Waals surface area contributed by atoms with Crippen LogP contribution in [0.3, 0.4) is 0 Å². The molecule has 0 saturated heterocycles. The molecule has 1 amide bonds. The summed E-state index contributed by atoms with van der Waals surface area (Å²) in [6, 6.07) is 22.9. The van der Waals surface area contributed by atoms with E-state index in [1.165, 1.54) is 0 Å². The molecule has 4 rings (SSSR count). The molecule has 3 N–H and O–H groups in total. The van der Waals surface area contributed by atoms with Crippen molar-refractivity contribution in [2.24, 2.45) is 4.99 Å². The van der Waals surface area contributed by atoms with Crippen molar-refractivity contribution in [1.29, 1.82) is 0 Å². The van der Waals surface area contributed by atoms with Gasteiger partial charge in [-0.1, -0.05) is 36.4 Å². The number of ether oxygens (including phenoxy) is 4. The van der Waals surface area contributed by atoms with Crippen molar-refractivity contribution >= 4 is 11.8 Å². The van der Waals surface area contributed by atoms with Gasteiger partial charge in [-0.15, -0.1) is 0 Å².